The number of aromatic nitrogens is 2. The van der Waals surface area contributed by atoms with Gasteiger partial charge in [0.1, 0.15) is 0 Å². The summed E-state index contributed by atoms with van der Waals surface area (Å²) in [5.74, 6) is -1.44. The highest BCUT2D eigenvalue weighted by atomic mass is 16.4. The minimum Gasteiger partial charge on any atom is -0.481 e. The molecule has 1 aromatic carbocycles. The van der Waals surface area contributed by atoms with Crippen molar-refractivity contribution in [1.82, 2.24) is 14.5 Å². The summed E-state index contributed by atoms with van der Waals surface area (Å²) in [7, 11) is 0. The van der Waals surface area contributed by atoms with E-state index in [1.807, 2.05) is 0 Å². The number of piperidine rings is 1. The van der Waals surface area contributed by atoms with Crippen LogP contribution in [0.1, 0.15) is 30.1 Å². The van der Waals surface area contributed by atoms with Crippen molar-refractivity contribution in [2.24, 2.45) is 5.92 Å². The molecule has 0 aliphatic carbocycles. The van der Waals surface area contributed by atoms with Crippen LogP contribution in [-0.4, -0.2) is 44.5 Å². The average Bonchev–Trinajstić information content (AvgIpc) is 2.62. The van der Waals surface area contributed by atoms with Gasteiger partial charge in [0.25, 0.3) is 5.91 Å². The van der Waals surface area contributed by atoms with E-state index in [1.54, 1.807) is 30.0 Å². The fourth-order valence-corrected chi connectivity index (χ4v) is 3.24. The molecule has 1 aromatic heterocycles. The summed E-state index contributed by atoms with van der Waals surface area (Å²) in [5, 5.41) is 9.03. The Balaban J connectivity index is 1.91. The van der Waals surface area contributed by atoms with Gasteiger partial charge in [-0.3, -0.25) is 19.2 Å². The number of nitrogens with zero attached hydrogens (tertiary/aromatic N) is 2. The van der Waals surface area contributed by atoms with Crippen LogP contribution in [0.3, 0.4) is 0 Å². The first-order chi connectivity index (χ1) is 11.9. The second-order valence-electron chi connectivity index (χ2n) is 6.14. The van der Waals surface area contributed by atoms with Crippen molar-refractivity contribution in [2.45, 2.75) is 26.3 Å². The number of amides is 1. The fraction of sp³-hybridized carbons (Fsp3) is 0.412. The predicted molar refractivity (Wildman–Crippen MR) is 90.8 cm³/mol. The molecule has 1 aliphatic heterocycles. The van der Waals surface area contributed by atoms with Crippen molar-refractivity contribution < 1.29 is 14.7 Å². The number of aromatic amines is 1. The van der Waals surface area contributed by atoms with E-state index in [9.17, 15) is 19.2 Å². The number of hydrogen-bond acceptors (Lipinski definition) is 4. The summed E-state index contributed by atoms with van der Waals surface area (Å²) in [6, 6.07) is 4.83. The summed E-state index contributed by atoms with van der Waals surface area (Å²) in [6.45, 7) is 2.90. The largest absolute Gasteiger partial charge is 0.481 e. The molecule has 25 heavy (non-hydrogen) atoms. The third-order valence-corrected chi connectivity index (χ3v) is 4.67. The van der Waals surface area contributed by atoms with Crippen molar-refractivity contribution in [2.75, 3.05) is 13.1 Å². The Labute approximate surface area is 142 Å². The number of fused-ring (bicyclic) bond motifs is 1. The van der Waals surface area contributed by atoms with Crippen LogP contribution in [0.2, 0.25) is 0 Å². The molecular formula is C17H19N3O5. The molecule has 0 bridgehead atoms. The number of carboxylic acid groups (broad SMARTS) is 1. The maximum absolute atomic E-state index is 12.6. The highest BCUT2D eigenvalue weighted by molar-refractivity contribution is 5.97. The van der Waals surface area contributed by atoms with Crippen molar-refractivity contribution >= 4 is 22.9 Å². The SMILES string of the molecule is CCn1c(=O)c(=O)[nH]c2cc(C(=O)N3CCC(C(=O)O)CC3)ccc21. The fourth-order valence-electron chi connectivity index (χ4n) is 3.24. The molecule has 0 saturated carbocycles. The van der Waals surface area contributed by atoms with Crippen molar-refractivity contribution in [3.63, 3.8) is 0 Å². The van der Waals surface area contributed by atoms with Crippen LogP contribution in [0.5, 0.6) is 0 Å². The van der Waals surface area contributed by atoms with Crippen LogP contribution in [0, 0.1) is 5.92 Å². The van der Waals surface area contributed by atoms with E-state index in [0.717, 1.165) is 0 Å². The summed E-state index contributed by atoms with van der Waals surface area (Å²) in [5.41, 5.74) is 0.0511. The molecule has 0 atom stereocenters. The van der Waals surface area contributed by atoms with Gasteiger partial charge in [-0.1, -0.05) is 0 Å². The summed E-state index contributed by atoms with van der Waals surface area (Å²) in [4.78, 5) is 51.4. The van der Waals surface area contributed by atoms with E-state index in [0.29, 0.717) is 49.1 Å². The molecular weight excluding hydrogens is 326 g/mol. The Hall–Kier alpha value is -2.90. The van der Waals surface area contributed by atoms with Gasteiger partial charge in [0.15, 0.2) is 0 Å². The van der Waals surface area contributed by atoms with Crippen molar-refractivity contribution in [3.8, 4) is 0 Å². The Kier molecular flexibility index (Phi) is 4.43. The quantitative estimate of drug-likeness (QED) is 0.793. The topological polar surface area (TPSA) is 112 Å². The minimum atomic E-state index is -0.826. The third-order valence-electron chi connectivity index (χ3n) is 4.67. The van der Waals surface area contributed by atoms with Crippen LogP contribution in [-0.2, 0) is 11.3 Å². The van der Waals surface area contributed by atoms with E-state index in [2.05, 4.69) is 4.98 Å². The van der Waals surface area contributed by atoms with Crippen LogP contribution in [0.4, 0.5) is 0 Å². The lowest BCUT2D eigenvalue weighted by Gasteiger charge is -2.30. The Bertz CT molecular complexity index is 951. The predicted octanol–water partition coefficient (Wildman–Crippen LogP) is 0.647. The van der Waals surface area contributed by atoms with Gasteiger partial charge in [-0.05, 0) is 38.0 Å². The molecule has 8 nitrogen and oxygen atoms in total. The minimum absolute atomic E-state index is 0.208. The number of carbonyl (C=O) groups is 2. The zero-order chi connectivity index (χ0) is 18.1. The highest BCUT2D eigenvalue weighted by Gasteiger charge is 2.27. The number of carboxylic acids is 1. The van der Waals surface area contributed by atoms with E-state index < -0.39 is 23.0 Å². The molecule has 0 unspecified atom stereocenters. The monoisotopic (exact) mass is 345 g/mol. The van der Waals surface area contributed by atoms with E-state index in [1.165, 1.54) is 4.57 Å². The molecule has 8 heteroatoms. The smallest absolute Gasteiger partial charge is 0.316 e. The van der Waals surface area contributed by atoms with E-state index in [-0.39, 0.29) is 5.91 Å². The van der Waals surface area contributed by atoms with Crippen LogP contribution < -0.4 is 11.1 Å². The standard InChI is InChI=1S/C17H19N3O5/c1-2-20-13-4-3-11(9-12(13)18-14(21)16(20)23)15(22)19-7-5-10(6-8-19)17(24)25/h3-4,9-10H,2,5-8H2,1H3,(H,18,21)(H,24,25). The molecule has 1 fully saturated rings. The first kappa shape index (κ1) is 16.9. The first-order valence-corrected chi connectivity index (χ1v) is 8.21. The van der Waals surface area contributed by atoms with Crippen LogP contribution >= 0.6 is 0 Å². The van der Waals surface area contributed by atoms with E-state index >= 15 is 0 Å². The molecule has 3 rings (SSSR count). The van der Waals surface area contributed by atoms with Gasteiger partial charge >= 0.3 is 17.1 Å². The van der Waals surface area contributed by atoms with Gasteiger partial charge in [-0.15, -0.1) is 0 Å². The molecule has 1 saturated heterocycles. The number of hydrogen-bond donors (Lipinski definition) is 2. The van der Waals surface area contributed by atoms with Gasteiger partial charge in [-0.2, -0.15) is 0 Å². The Morgan fingerprint density at radius 2 is 1.92 bits per heavy atom. The zero-order valence-corrected chi connectivity index (χ0v) is 13.8. The zero-order valence-electron chi connectivity index (χ0n) is 13.8. The van der Waals surface area contributed by atoms with Crippen LogP contribution in [0.25, 0.3) is 11.0 Å². The average molecular weight is 345 g/mol. The van der Waals surface area contributed by atoms with Crippen LogP contribution in [0.15, 0.2) is 27.8 Å². The third kappa shape index (κ3) is 3.07. The van der Waals surface area contributed by atoms with Gasteiger partial charge in [0, 0.05) is 25.2 Å². The molecule has 1 amide bonds. The van der Waals surface area contributed by atoms with Gasteiger partial charge in [-0.25, -0.2) is 0 Å². The molecule has 0 radical (unpaired) electrons. The maximum Gasteiger partial charge on any atom is 0.316 e. The first-order valence-electron chi connectivity index (χ1n) is 8.21. The second kappa shape index (κ2) is 6.54. The number of carbonyl (C=O) groups excluding carboxylic acids is 1. The lowest BCUT2D eigenvalue weighted by Crippen LogP contribution is -2.40. The summed E-state index contributed by atoms with van der Waals surface area (Å²) >= 11 is 0. The van der Waals surface area contributed by atoms with Gasteiger partial charge < -0.3 is 19.6 Å². The number of aryl methyl sites for hydroxylation is 1. The molecule has 2 N–H and O–H groups in total. The van der Waals surface area contributed by atoms with Crippen molar-refractivity contribution in [3.05, 3.63) is 44.5 Å². The molecule has 132 valence electrons. The number of H-pyrrole nitrogens is 1. The van der Waals surface area contributed by atoms with Gasteiger partial charge in [0.2, 0.25) is 0 Å². The Morgan fingerprint density at radius 3 is 2.52 bits per heavy atom. The number of likely N-dealkylation sites (tertiary alicyclic amines) is 1. The highest BCUT2D eigenvalue weighted by Crippen LogP contribution is 2.20. The van der Waals surface area contributed by atoms with Gasteiger partial charge in [0.05, 0.1) is 17.0 Å². The molecule has 2 heterocycles. The second-order valence-corrected chi connectivity index (χ2v) is 6.14. The summed E-state index contributed by atoms with van der Waals surface area (Å²) in [6.07, 6.45) is 0.863. The van der Waals surface area contributed by atoms with E-state index in [4.69, 9.17) is 5.11 Å². The summed E-state index contributed by atoms with van der Waals surface area (Å²) < 4.78 is 1.36. The molecule has 2 aromatic rings. The number of rotatable bonds is 3. The number of benzene rings is 1. The Morgan fingerprint density at radius 1 is 1.24 bits per heavy atom. The van der Waals surface area contributed by atoms with Crippen molar-refractivity contribution in [1.29, 1.82) is 0 Å². The molecule has 0 spiro atoms. The number of aliphatic carboxylic acids is 1. The normalized spacial score (nSPS) is 15.5. The molecule has 1 aliphatic rings. The maximum atomic E-state index is 12.6. The lowest BCUT2D eigenvalue weighted by atomic mass is 9.96. The number of nitrogens with one attached hydrogen (secondary N) is 1. The lowest BCUT2D eigenvalue weighted by molar-refractivity contribution is -0.143.